The van der Waals surface area contributed by atoms with Crippen LogP contribution in [0.15, 0.2) is 42.6 Å². The molecule has 7 nitrogen and oxygen atoms in total. The molecular weight excluding hydrogens is 334 g/mol. The Morgan fingerprint density at radius 3 is 2.88 bits per heavy atom. The van der Waals surface area contributed by atoms with Crippen molar-refractivity contribution in [3.05, 3.63) is 70.3 Å². The van der Waals surface area contributed by atoms with Gasteiger partial charge in [-0.1, -0.05) is 0 Å². The number of amides is 1. The Morgan fingerprint density at radius 1 is 1.27 bits per heavy atom. The normalized spacial score (nSPS) is 13.5. The summed E-state index contributed by atoms with van der Waals surface area (Å²) in [6, 6.07) is 10.1. The lowest BCUT2D eigenvalue weighted by Gasteiger charge is -2.26. The molecule has 132 valence electrons. The van der Waals surface area contributed by atoms with E-state index >= 15 is 0 Å². The van der Waals surface area contributed by atoms with E-state index in [-0.39, 0.29) is 11.6 Å². The molecule has 1 aromatic carbocycles. The second-order valence-electron chi connectivity index (χ2n) is 6.22. The molecule has 0 unspecified atom stereocenters. The van der Waals surface area contributed by atoms with Crippen molar-refractivity contribution >= 4 is 22.8 Å². The van der Waals surface area contributed by atoms with Gasteiger partial charge >= 0.3 is 11.9 Å². The first-order chi connectivity index (χ1) is 12.6. The van der Waals surface area contributed by atoms with Gasteiger partial charge in [0.15, 0.2) is 6.20 Å². The van der Waals surface area contributed by atoms with Crippen LogP contribution in [0.3, 0.4) is 0 Å². The molecule has 0 atom stereocenters. The number of carbonyl (C=O) groups is 2. The van der Waals surface area contributed by atoms with E-state index in [4.69, 9.17) is 4.74 Å². The quantitative estimate of drug-likeness (QED) is 0.433. The molecule has 0 saturated carbocycles. The van der Waals surface area contributed by atoms with E-state index in [1.54, 1.807) is 29.2 Å². The maximum absolute atomic E-state index is 12.7. The van der Waals surface area contributed by atoms with Gasteiger partial charge in [-0.05, 0) is 24.3 Å². The second kappa shape index (κ2) is 6.18. The van der Waals surface area contributed by atoms with Crippen LogP contribution in [0.4, 0.5) is 0 Å². The fraction of sp³-hybridized carbons (Fsp3) is 0.211. The molecule has 7 heteroatoms. The molecule has 1 N–H and O–H groups in total. The Labute approximate surface area is 149 Å². The van der Waals surface area contributed by atoms with Gasteiger partial charge in [-0.25, -0.2) is 4.79 Å². The van der Waals surface area contributed by atoms with Crippen molar-refractivity contribution in [3.8, 4) is 0 Å². The highest BCUT2D eigenvalue weighted by atomic mass is 16.5. The van der Waals surface area contributed by atoms with E-state index in [0.29, 0.717) is 29.8 Å². The van der Waals surface area contributed by atoms with Gasteiger partial charge in [0, 0.05) is 53.8 Å². The summed E-state index contributed by atoms with van der Waals surface area (Å²) in [4.78, 5) is 29.5. The van der Waals surface area contributed by atoms with Crippen LogP contribution in [0.25, 0.3) is 10.9 Å². The van der Waals surface area contributed by atoms with E-state index < -0.39 is 5.97 Å². The molecule has 1 amide bonds. The average Bonchev–Trinajstić information content (AvgIpc) is 3.04. The predicted molar refractivity (Wildman–Crippen MR) is 93.5 cm³/mol. The first-order valence-electron chi connectivity index (χ1n) is 8.27. The molecule has 0 saturated heterocycles. The monoisotopic (exact) mass is 351 g/mol. The molecule has 1 aliphatic heterocycles. The lowest BCUT2D eigenvalue weighted by atomic mass is 10.0. The van der Waals surface area contributed by atoms with Crippen LogP contribution in [0, 0.1) is 5.21 Å². The minimum atomic E-state index is -0.401. The molecule has 1 aliphatic rings. The van der Waals surface area contributed by atoms with E-state index in [9.17, 15) is 14.8 Å². The SMILES string of the molecule is COC(=O)c1ccc2[nH]c3c(c2c1)CN(C(=O)c1cccc[n+]1[O-])CC3. The third-order valence-corrected chi connectivity index (χ3v) is 4.73. The smallest absolute Gasteiger partial charge is 0.337 e. The van der Waals surface area contributed by atoms with Crippen LogP contribution in [0.2, 0.25) is 0 Å². The number of aromatic amines is 1. The maximum atomic E-state index is 12.7. The number of pyridine rings is 1. The van der Waals surface area contributed by atoms with Crippen molar-refractivity contribution in [2.24, 2.45) is 0 Å². The van der Waals surface area contributed by atoms with Crippen molar-refractivity contribution in [1.29, 1.82) is 0 Å². The number of ether oxygens (including phenoxy) is 1. The maximum Gasteiger partial charge on any atom is 0.337 e. The van der Waals surface area contributed by atoms with Gasteiger partial charge in [0.1, 0.15) is 0 Å². The molecule has 0 spiro atoms. The molecule has 0 aliphatic carbocycles. The van der Waals surface area contributed by atoms with Gasteiger partial charge in [-0.3, -0.25) is 4.79 Å². The van der Waals surface area contributed by atoms with E-state index in [2.05, 4.69) is 4.98 Å². The number of aromatic nitrogens is 2. The van der Waals surface area contributed by atoms with Gasteiger partial charge in [0.2, 0.25) is 0 Å². The summed E-state index contributed by atoms with van der Waals surface area (Å²) in [6.07, 6.45) is 1.98. The first kappa shape index (κ1) is 16.1. The van der Waals surface area contributed by atoms with Gasteiger partial charge in [-0.2, -0.15) is 4.73 Å². The molecule has 0 bridgehead atoms. The highest BCUT2D eigenvalue weighted by Crippen LogP contribution is 2.29. The summed E-state index contributed by atoms with van der Waals surface area (Å²) in [7, 11) is 1.34. The van der Waals surface area contributed by atoms with E-state index in [0.717, 1.165) is 22.2 Å². The van der Waals surface area contributed by atoms with Gasteiger partial charge < -0.3 is 19.8 Å². The number of benzene rings is 1. The lowest BCUT2D eigenvalue weighted by Crippen LogP contribution is -2.43. The van der Waals surface area contributed by atoms with Crippen molar-refractivity contribution in [2.45, 2.75) is 13.0 Å². The number of hydrogen-bond acceptors (Lipinski definition) is 4. The Kier molecular flexibility index (Phi) is 3.84. The van der Waals surface area contributed by atoms with Crippen LogP contribution in [0.5, 0.6) is 0 Å². The molecule has 2 aromatic heterocycles. The minimum absolute atomic E-state index is 0.103. The standard InChI is InChI=1S/C19H17N3O4/c1-26-19(24)12-5-6-15-13(10-12)14-11-21(9-7-16(14)20-15)18(23)17-4-2-3-8-22(17)25/h2-6,8,10,20H,7,9,11H2,1H3. The predicted octanol–water partition coefficient (Wildman–Crippen LogP) is 1.79. The van der Waals surface area contributed by atoms with Crippen LogP contribution in [0.1, 0.15) is 32.1 Å². The highest BCUT2D eigenvalue weighted by molar-refractivity contribution is 5.97. The zero-order chi connectivity index (χ0) is 18.3. The van der Waals surface area contributed by atoms with Crippen molar-refractivity contribution < 1.29 is 19.1 Å². The number of esters is 1. The number of H-pyrrole nitrogens is 1. The summed E-state index contributed by atoms with van der Waals surface area (Å²) in [5.41, 5.74) is 3.50. The van der Waals surface area contributed by atoms with Crippen LogP contribution in [-0.2, 0) is 17.7 Å². The summed E-state index contributed by atoms with van der Waals surface area (Å²) < 4.78 is 5.37. The third kappa shape index (κ3) is 2.57. The molecule has 3 heterocycles. The third-order valence-electron chi connectivity index (χ3n) is 4.73. The van der Waals surface area contributed by atoms with Gasteiger partial charge in [0.25, 0.3) is 5.69 Å². The van der Waals surface area contributed by atoms with Gasteiger partial charge in [0.05, 0.1) is 12.7 Å². The van der Waals surface area contributed by atoms with Crippen LogP contribution >= 0.6 is 0 Å². The van der Waals surface area contributed by atoms with Crippen molar-refractivity contribution in [3.63, 3.8) is 0 Å². The van der Waals surface area contributed by atoms with Gasteiger partial charge in [-0.15, -0.1) is 0 Å². The van der Waals surface area contributed by atoms with Crippen molar-refractivity contribution in [2.75, 3.05) is 13.7 Å². The number of methoxy groups -OCH3 is 1. The zero-order valence-corrected chi connectivity index (χ0v) is 14.2. The summed E-state index contributed by atoms with van der Waals surface area (Å²) in [5.74, 6) is -0.702. The lowest BCUT2D eigenvalue weighted by molar-refractivity contribution is -0.608. The molecule has 0 fully saturated rings. The molecule has 26 heavy (non-hydrogen) atoms. The largest absolute Gasteiger partial charge is 0.618 e. The Hall–Kier alpha value is -3.35. The minimum Gasteiger partial charge on any atom is -0.618 e. The molecule has 4 rings (SSSR count). The van der Waals surface area contributed by atoms with E-state index in [1.165, 1.54) is 19.4 Å². The first-order valence-corrected chi connectivity index (χ1v) is 8.27. The van der Waals surface area contributed by atoms with E-state index in [1.807, 2.05) is 6.07 Å². The topological polar surface area (TPSA) is 89.3 Å². The Balaban J connectivity index is 1.70. The zero-order valence-electron chi connectivity index (χ0n) is 14.2. The fourth-order valence-electron chi connectivity index (χ4n) is 3.39. The number of hydrogen-bond donors (Lipinski definition) is 1. The summed E-state index contributed by atoms with van der Waals surface area (Å²) in [5, 5.41) is 12.8. The van der Waals surface area contributed by atoms with Crippen molar-refractivity contribution in [1.82, 2.24) is 9.88 Å². The Morgan fingerprint density at radius 2 is 2.12 bits per heavy atom. The Bertz CT molecular complexity index is 1020. The molecule has 3 aromatic rings. The second-order valence-corrected chi connectivity index (χ2v) is 6.22. The number of fused-ring (bicyclic) bond motifs is 3. The van der Waals surface area contributed by atoms with Crippen LogP contribution < -0.4 is 4.73 Å². The number of rotatable bonds is 2. The number of carbonyl (C=O) groups excluding carboxylic acids is 2. The number of nitrogens with one attached hydrogen (secondary N) is 1. The molecule has 0 radical (unpaired) electrons. The fourth-order valence-corrected chi connectivity index (χ4v) is 3.39. The molecular formula is C19H17N3O4. The highest BCUT2D eigenvalue weighted by Gasteiger charge is 2.28. The summed E-state index contributed by atoms with van der Waals surface area (Å²) >= 11 is 0. The number of nitrogens with zero attached hydrogens (tertiary/aromatic N) is 2. The van der Waals surface area contributed by atoms with Crippen LogP contribution in [-0.4, -0.2) is 35.4 Å². The average molecular weight is 351 g/mol. The summed E-state index contributed by atoms with van der Waals surface area (Å²) in [6.45, 7) is 0.908.